The zero-order chi connectivity index (χ0) is 20.0. The number of halogens is 1. The highest BCUT2D eigenvalue weighted by Gasteiger charge is 2.52. The van der Waals surface area contributed by atoms with Gasteiger partial charge in [0.25, 0.3) is 11.8 Å². The van der Waals surface area contributed by atoms with Crippen LogP contribution in [0.1, 0.15) is 64.9 Å². The van der Waals surface area contributed by atoms with E-state index >= 15 is 0 Å². The lowest BCUT2D eigenvalue weighted by molar-refractivity contribution is -0.00722. The Kier molecular flexibility index (Phi) is 4.69. The molecule has 2 N–H and O–H groups in total. The Bertz CT molecular complexity index is 939. The summed E-state index contributed by atoms with van der Waals surface area (Å²) in [5.74, 6) is 1.79. The van der Waals surface area contributed by atoms with Crippen molar-refractivity contribution in [1.82, 2.24) is 15.8 Å². The standard InChI is InChI=1S/C23H24BrN3O2/c24-19-4-2-1-3-18(19)22(29)27-26-21(28)17-5-6-25-20(10-17)23-11-14-7-15(12-23)9-16(8-14)13-23/h1-6,10,14-16H,7-9,11-13H2,(H,26,28)(H,27,29). The van der Waals surface area contributed by atoms with Gasteiger partial charge in [-0.2, -0.15) is 0 Å². The molecule has 6 rings (SSSR count). The first-order chi connectivity index (χ1) is 14.0. The molecule has 4 aliphatic rings. The molecular weight excluding hydrogens is 430 g/mol. The van der Waals surface area contributed by atoms with Crippen LogP contribution in [0.4, 0.5) is 0 Å². The third kappa shape index (κ3) is 3.48. The van der Waals surface area contributed by atoms with Crippen molar-refractivity contribution in [2.24, 2.45) is 17.8 Å². The number of pyridine rings is 1. The van der Waals surface area contributed by atoms with Crippen molar-refractivity contribution in [2.45, 2.75) is 43.9 Å². The third-order valence-electron chi connectivity index (χ3n) is 7.01. The van der Waals surface area contributed by atoms with Crippen molar-refractivity contribution in [3.63, 3.8) is 0 Å². The number of aromatic nitrogens is 1. The lowest BCUT2D eigenvalue weighted by Crippen LogP contribution is -2.49. The van der Waals surface area contributed by atoms with Crippen molar-refractivity contribution in [3.8, 4) is 0 Å². The van der Waals surface area contributed by atoms with Gasteiger partial charge in [-0.05, 0) is 96.5 Å². The van der Waals surface area contributed by atoms with E-state index in [0.29, 0.717) is 15.6 Å². The molecule has 2 amide bonds. The maximum Gasteiger partial charge on any atom is 0.270 e. The van der Waals surface area contributed by atoms with Crippen molar-refractivity contribution in [3.05, 3.63) is 63.9 Å². The summed E-state index contributed by atoms with van der Waals surface area (Å²) in [5.41, 5.74) is 7.25. The molecule has 0 aliphatic heterocycles. The number of hydrogen-bond donors (Lipinski definition) is 2. The molecule has 0 atom stereocenters. The molecule has 4 bridgehead atoms. The van der Waals surface area contributed by atoms with E-state index in [-0.39, 0.29) is 17.2 Å². The van der Waals surface area contributed by atoms with Gasteiger partial charge >= 0.3 is 0 Å². The molecule has 4 fully saturated rings. The fourth-order valence-electron chi connectivity index (χ4n) is 6.18. The molecule has 0 spiro atoms. The number of hydrogen-bond acceptors (Lipinski definition) is 3. The molecule has 1 aromatic carbocycles. The molecular formula is C23H24BrN3O2. The largest absolute Gasteiger partial charge is 0.270 e. The number of hydrazine groups is 1. The van der Waals surface area contributed by atoms with E-state index in [1.807, 2.05) is 12.1 Å². The monoisotopic (exact) mass is 453 g/mol. The summed E-state index contributed by atoms with van der Waals surface area (Å²) >= 11 is 3.35. The molecule has 4 saturated carbocycles. The van der Waals surface area contributed by atoms with E-state index in [1.165, 1.54) is 38.5 Å². The molecule has 0 radical (unpaired) electrons. The maximum absolute atomic E-state index is 12.7. The van der Waals surface area contributed by atoms with Crippen molar-refractivity contribution < 1.29 is 9.59 Å². The molecule has 0 unspecified atom stereocenters. The van der Waals surface area contributed by atoms with Crippen LogP contribution < -0.4 is 10.9 Å². The van der Waals surface area contributed by atoms with Crippen LogP contribution in [-0.4, -0.2) is 16.8 Å². The summed E-state index contributed by atoms with van der Waals surface area (Å²) in [6.07, 6.45) is 9.47. The number of carbonyl (C=O) groups is 2. The van der Waals surface area contributed by atoms with Crippen LogP contribution in [0, 0.1) is 17.8 Å². The van der Waals surface area contributed by atoms with Crippen LogP contribution in [0.3, 0.4) is 0 Å². The molecule has 1 heterocycles. The quantitative estimate of drug-likeness (QED) is 0.676. The van der Waals surface area contributed by atoms with E-state index < -0.39 is 0 Å². The van der Waals surface area contributed by atoms with E-state index in [1.54, 1.807) is 30.5 Å². The van der Waals surface area contributed by atoms with Crippen molar-refractivity contribution >= 4 is 27.7 Å². The average Bonchev–Trinajstić information content (AvgIpc) is 2.71. The predicted octanol–water partition coefficient (Wildman–Crippen LogP) is 4.39. The number of rotatable bonds is 3. The van der Waals surface area contributed by atoms with Crippen LogP contribution in [0.25, 0.3) is 0 Å². The molecule has 4 aliphatic carbocycles. The molecule has 2 aromatic rings. The lowest BCUT2D eigenvalue weighted by Gasteiger charge is -2.56. The van der Waals surface area contributed by atoms with Gasteiger partial charge in [-0.1, -0.05) is 12.1 Å². The van der Waals surface area contributed by atoms with Crippen LogP contribution in [0.5, 0.6) is 0 Å². The zero-order valence-electron chi connectivity index (χ0n) is 16.2. The first-order valence-electron chi connectivity index (χ1n) is 10.3. The smallest absolute Gasteiger partial charge is 0.267 e. The summed E-state index contributed by atoms with van der Waals surface area (Å²) in [6.45, 7) is 0. The fourth-order valence-corrected chi connectivity index (χ4v) is 6.65. The Morgan fingerprint density at radius 1 is 0.931 bits per heavy atom. The normalized spacial score (nSPS) is 29.5. The Labute approximate surface area is 178 Å². The van der Waals surface area contributed by atoms with Gasteiger partial charge in [0.15, 0.2) is 0 Å². The summed E-state index contributed by atoms with van der Waals surface area (Å²) < 4.78 is 0.680. The lowest BCUT2D eigenvalue weighted by atomic mass is 9.48. The van der Waals surface area contributed by atoms with Gasteiger partial charge in [0.2, 0.25) is 0 Å². The number of amides is 2. The second kappa shape index (κ2) is 7.24. The van der Waals surface area contributed by atoms with E-state index in [2.05, 4.69) is 26.8 Å². The Morgan fingerprint density at radius 2 is 1.55 bits per heavy atom. The molecule has 1 aromatic heterocycles. The first kappa shape index (κ1) is 18.8. The number of benzene rings is 1. The molecule has 6 heteroatoms. The fraction of sp³-hybridized carbons (Fsp3) is 0.435. The minimum Gasteiger partial charge on any atom is -0.267 e. The molecule has 5 nitrogen and oxygen atoms in total. The summed E-state index contributed by atoms with van der Waals surface area (Å²) in [5, 5.41) is 0. The van der Waals surface area contributed by atoms with Gasteiger partial charge in [0.05, 0.1) is 5.56 Å². The minimum atomic E-state index is -0.360. The van der Waals surface area contributed by atoms with Crippen LogP contribution in [0.2, 0.25) is 0 Å². The highest BCUT2D eigenvalue weighted by atomic mass is 79.9. The second-order valence-corrected chi connectivity index (χ2v) is 9.87. The highest BCUT2D eigenvalue weighted by molar-refractivity contribution is 9.10. The van der Waals surface area contributed by atoms with Gasteiger partial charge in [0, 0.05) is 27.3 Å². The number of nitrogens with one attached hydrogen (secondary N) is 2. The summed E-state index contributed by atoms with van der Waals surface area (Å²) in [7, 11) is 0. The van der Waals surface area contributed by atoms with Gasteiger partial charge < -0.3 is 0 Å². The SMILES string of the molecule is O=C(NNC(=O)c1ccccc1Br)c1ccnc(C23CC4CC(CC(C4)C2)C3)c1. The maximum atomic E-state index is 12.7. The van der Waals surface area contributed by atoms with Crippen LogP contribution >= 0.6 is 15.9 Å². The van der Waals surface area contributed by atoms with E-state index in [9.17, 15) is 9.59 Å². The first-order valence-corrected chi connectivity index (χ1v) is 11.1. The Balaban J connectivity index is 1.31. The molecule has 0 saturated heterocycles. The van der Waals surface area contributed by atoms with E-state index in [0.717, 1.165) is 23.4 Å². The van der Waals surface area contributed by atoms with Crippen LogP contribution in [0.15, 0.2) is 47.1 Å². The van der Waals surface area contributed by atoms with Crippen LogP contribution in [-0.2, 0) is 5.41 Å². The second-order valence-electron chi connectivity index (χ2n) is 9.02. The molecule has 29 heavy (non-hydrogen) atoms. The van der Waals surface area contributed by atoms with Gasteiger partial charge in [-0.15, -0.1) is 0 Å². The molecule has 150 valence electrons. The van der Waals surface area contributed by atoms with Crippen molar-refractivity contribution in [1.29, 1.82) is 0 Å². The minimum absolute atomic E-state index is 0.142. The van der Waals surface area contributed by atoms with E-state index in [4.69, 9.17) is 4.98 Å². The third-order valence-corrected chi connectivity index (χ3v) is 7.70. The number of nitrogens with zero attached hydrogens (tertiary/aromatic N) is 1. The van der Waals surface area contributed by atoms with Gasteiger partial charge in [-0.25, -0.2) is 0 Å². The number of carbonyl (C=O) groups excluding carboxylic acids is 2. The summed E-state index contributed by atoms with van der Waals surface area (Å²) in [6, 6.07) is 10.8. The van der Waals surface area contributed by atoms with Crippen molar-refractivity contribution in [2.75, 3.05) is 0 Å². The van der Waals surface area contributed by atoms with Gasteiger partial charge in [0.1, 0.15) is 0 Å². The average molecular weight is 454 g/mol. The Morgan fingerprint density at radius 3 is 2.21 bits per heavy atom. The topological polar surface area (TPSA) is 71.1 Å². The van der Waals surface area contributed by atoms with Gasteiger partial charge in [-0.3, -0.25) is 25.4 Å². The highest BCUT2D eigenvalue weighted by Crippen LogP contribution is 2.60. The predicted molar refractivity (Wildman–Crippen MR) is 113 cm³/mol. The zero-order valence-corrected chi connectivity index (χ0v) is 17.7. The summed E-state index contributed by atoms with van der Waals surface area (Å²) in [4.78, 5) is 29.7. The Hall–Kier alpha value is -2.21.